The van der Waals surface area contributed by atoms with Crippen molar-refractivity contribution in [3.63, 3.8) is 0 Å². The zero-order valence-corrected chi connectivity index (χ0v) is 7.36. The second-order valence-electron chi connectivity index (χ2n) is 2.10. The Morgan fingerprint density at radius 3 is 2.67 bits per heavy atom. The quantitative estimate of drug-likeness (QED) is 0.782. The fourth-order valence-electron chi connectivity index (χ4n) is 0.714. The lowest BCUT2D eigenvalue weighted by atomic mass is 10.2. The van der Waals surface area contributed by atoms with Gasteiger partial charge in [-0.3, -0.25) is 4.79 Å². The maximum atomic E-state index is 12.1. The minimum Gasteiger partial charge on any atom is -0.397 e. The monoisotopic (exact) mass is 238 g/mol. The lowest BCUT2D eigenvalue weighted by Crippen LogP contribution is -2.11. The van der Waals surface area contributed by atoms with E-state index in [1.165, 1.54) is 0 Å². The van der Waals surface area contributed by atoms with E-state index < -0.39 is 12.0 Å². The van der Waals surface area contributed by atoms with Crippen LogP contribution in [0, 0.1) is 0 Å². The third-order valence-electron chi connectivity index (χ3n) is 1.34. The van der Waals surface area contributed by atoms with Crippen LogP contribution in [0.2, 0.25) is 0 Å². The minimum atomic E-state index is -2.68. The van der Waals surface area contributed by atoms with Crippen molar-refractivity contribution < 1.29 is 8.78 Å². The van der Waals surface area contributed by atoms with Crippen molar-refractivity contribution in [2.24, 2.45) is 0 Å². The van der Waals surface area contributed by atoms with Crippen LogP contribution in [0.1, 0.15) is 12.0 Å². The average molecular weight is 239 g/mol. The van der Waals surface area contributed by atoms with Crippen molar-refractivity contribution in [1.82, 2.24) is 4.98 Å². The molecule has 6 heteroatoms. The number of aromatic nitrogens is 1. The van der Waals surface area contributed by atoms with Crippen LogP contribution in [0.3, 0.4) is 0 Å². The summed E-state index contributed by atoms with van der Waals surface area (Å²) < 4.78 is 24.2. The summed E-state index contributed by atoms with van der Waals surface area (Å²) in [6.45, 7) is 0. The SMILES string of the molecule is Nc1c(C(F)F)c[nH]c(=O)c1Br. The largest absolute Gasteiger partial charge is 0.397 e. The second kappa shape index (κ2) is 3.22. The Bertz CT molecular complexity index is 350. The molecule has 0 spiro atoms. The molecular formula is C6H5BrF2N2O. The van der Waals surface area contributed by atoms with Crippen LogP contribution in [0.4, 0.5) is 14.5 Å². The van der Waals surface area contributed by atoms with Gasteiger partial charge in [0, 0.05) is 6.20 Å². The summed E-state index contributed by atoms with van der Waals surface area (Å²) in [6, 6.07) is 0. The van der Waals surface area contributed by atoms with Gasteiger partial charge < -0.3 is 10.7 Å². The fraction of sp³-hybridized carbons (Fsp3) is 0.167. The number of nitrogens with two attached hydrogens (primary N) is 1. The number of anilines is 1. The third kappa shape index (κ3) is 1.47. The highest BCUT2D eigenvalue weighted by Crippen LogP contribution is 2.27. The molecule has 0 saturated heterocycles. The van der Waals surface area contributed by atoms with Crippen LogP contribution in [-0.2, 0) is 0 Å². The van der Waals surface area contributed by atoms with E-state index in [0.29, 0.717) is 0 Å². The van der Waals surface area contributed by atoms with Gasteiger partial charge in [-0.1, -0.05) is 0 Å². The summed E-state index contributed by atoms with van der Waals surface area (Å²) in [6.07, 6.45) is -1.77. The summed E-state index contributed by atoms with van der Waals surface area (Å²) in [7, 11) is 0. The lowest BCUT2D eigenvalue weighted by molar-refractivity contribution is 0.151. The normalized spacial score (nSPS) is 10.7. The van der Waals surface area contributed by atoms with Crippen molar-refractivity contribution in [2.75, 3.05) is 5.73 Å². The van der Waals surface area contributed by atoms with Gasteiger partial charge in [-0.15, -0.1) is 0 Å². The van der Waals surface area contributed by atoms with Gasteiger partial charge in [0.1, 0.15) is 4.47 Å². The van der Waals surface area contributed by atoms with E-state index in [1.54, 1.807) is 0 Å². The standard InChI is InChI=1S/C6H5BrF2N2O/c7-3-4(10)2(5(8)9)1-11-6(3)12/h1,5H,(H3,10,11,12). The Morgan fingerprint density at radius 1 is 1.58 bits per heavy atom. The first-order valence-corrected chi connectivity index (χ1v) is 3.78. The minimum absolute atomic E-state index is 0.0553. The Kier molecular flexibility index (Phi) is 2.46. The number of nitrogen functional groups attached to an aromatic ring is 1. The van der Waals surface area contributed by atoms with Crippen LogP contribution in [0.15, 0.2) is 15.5 Å². The predicted molar refractivity (Wildman–Crippen MR) is 44.1 cm³/mol. The summed E-state index contributed by atoms with van der Waals surface area (Å²) >= 11 is 2.80. The molecule has 12 heavy (non-hydrogen) atoms. The molecule has 1 rings (SSSR count). The van der Waals surface area contributed by atoms with E-state index in [1.807, 2.05) is 0 Å². The molecule has 1 aromatic rings. The van der Waals surface area contributed by atoms with Gasteiger partial charge in [0.15, 0.2) is 0 Å². The number of nitrogens with one attached hydrogen (secondary N) is 1. The van der Waals surface area contributed by atoms with Crippen LogP contribution < -0.4 is 11.3 Å². The Hall–Kier alpha value is -0.910. The molecular weight excluding hydrogens is 234 g/mol. The third-order valence-corrected chi connectivity index (χ3v) is 2.13. The number of alkyl halides is 2. The van der Waals surface area contributed by atoms with Crippen molar-refractivity contribution in [2.45, 2.75) is 6.43 Å². The van der Waals surface area contributed by atoms with E-state index in [0.717, 1.165) is 6.20 Å². The number of pyridine rings is 1. The highest BCUT2D eigenvalue weighted by Gasteiger charge is 2.14. The molecule has 0 fully saturated rings. The maximum absolute atomic E-state index is 12.1. The first kappa shape index (κ1) is 9.18. The summed E-state index contributed by atoms with van der Waals surface area (Å²) in [5.74, 6) is 0. The molecule has 0 aliphatic carbocycles. The molecule has 0 saturated carbocycles. The molecule has 1 heterocycles. The van der Waals surface area contributed by atoms with E-state index in [9.17, 15) is 13.6 Å². The number of hydrogen-bond donors (Lipinski definition) is 2. The smallest absolute Gasteiger partial charge is 0.267 e. The number of halogens is 3. The highest BCUT2D eigenvalue weighted by molar-refractivity contribution is 9.10. The fourth-order valence-corrected chi connectivity index (χ4v) is 1.06. The molecule has 0 bridgehead atoms. The van der Waals surface area contributed by atoms with Gasteiger partial charge in [0.05, 0.1) is 11.3 Å². The Morgan fingerprint density at radius 2 is 2.17 bits per heavy atom. The lowest BCUT2D eigenvalue weighted by Gasteiger charge is -2.04. The molecule has 1 aromatic heterocycles. The number of H-pyrrole nitrogens is 1. The van der Waals surface area contributed by atoms with Crippen LogP contribution in [0.25, 0.3) is 0 Å². The van der Waals surface area contributed by atoms with E-state index in [2.05, 4.69) is 20.9 Å². The summed E-state index contributed by atoms with van der Waals surface area (Å²) in [4.78, 5) is 12.9. The molecule has 0 unspecified atom stereocenters. The summed E-state index contributed by atoms with van der Waals surface area (Å²) in [5.41, 5.74) is 4.13. The van der Waals surface area contributed by atoms with Gasteiger partial charge in [0.2, 0.25) is 0 Å². The molecule has 3 nitrogen and oxygen atoms in total. The molecule has 0 amide bonds. The molecule has 0 atom stereocenters. The van der Waals surface area contributed by atoms with Crippen LogP contribution >= 0.6 is 15.9 Å². The number of hydrogen-bond acceptors (Lipinski definition) is 2. The molecule has 0 aliphatic heterocycles. The second-order valence-corrected chi connectivity index (χ2v) is 2.89. The van der Waals surface area contributed by atoms with Crippen LogP contribution in [0.5, 0.6) is 0 Å². The zero-order valence-electron chi connectivity index (χ0n) is 5.77. The number of rotatable bonds is 1. The molecule has 66 valence electrons. The van der Waals surface area contributed by atoms with Crippen molar-refractivity contribution in [3.8, 4) is 0 Å². The van der Waals surface area contributed by atoms with Crippen molar-refractivity contribution in [3.05, 3.63) is 26.6 Å². The topological polar surface area (TPSA) is 58.9 Å². The first-order chi connectivity index (χ1) is 5.54. The molecule has 0 radical (unpaired) electrons. The van der Waals surface area contributed by atoms with Gasteiger partial charge in [-0.05, 0) is 15.9 Å². The van der Waals surface area contributed by atoms with E-state index >= 15 is 0 Å². The molecule has 0 aliphatic rings. The molecule has 3 N–H and O–H groups in total. The predicted octanol–water partition coefficient (Wildman–Crippen LogP) is 1.66. The summed E-state index contributed by atoms with van der Waals surface area (Å²) in [5, 5.41) is 0. The van der Waals surface area contributed by atoms with E-state index in [4.69, 9.17) is 5.73 Å². The zero-order chi connectivity index (χ0) is 9.30. The average Bonchev–Trinajstić information content (AvgIpc) is 2.00. The number of aromatic amines is 1. The highest BCUT2D eigenvalue weighted by atomic mass is 79.9. The van der Waals surface area contributed by atoms with E-state index in [-0.39, 0.29) is 15.7 Å². The molecule has 0 aromatic carbocycles. The van der Waals surface area contributed by atoms with Crippen molar-refractivity contribution in [1.29, 1.82) is 0 Å². The van der Waals surface area contributed by atoms with Gasteiger partial charge >= 0.3 is 0 Å². The Balaban J connectivity index is 3.36. The van der Waals surface area contributed by atoms with Crippen LogP contribution in [-0.4, -0.2) is 4.98 Å². The Labute approximate surface area is 74.7 Å². The first-order valence-electron chi connectivity index (χ1n) is 2.98. The van der Waals surface area contributed by atoms with Gasteiger partial charge in [-0.2, -0.15) is 0 Å². The van der Waals surface area contributed by atoms with Gasteiger partial charge in [0.25, 0.3) is 12.0 Å². The van der Waals surface area contributed by atoms with Gasteiger partial charge in [-0.25, -0.2) is 8.78 Å². The van der Waals surface area contributed by atoms with Crippen molar-refractivity contribution >= 4 is 21.6 Å². The maximum Gasteiger partial charge on any atom is 0.267 e.